The maximum absolute atomic E-state index is 11.1. The number of pyridine rings is 1. The third kappa shape index (κ3) is 5.41. The second-order valence-electron chi connectivity index (χ2n) is 4.16. The van der Waals surface area contributed by atoms with Crippen LogP contribution in [0.2, 0.25) is 0 Å². The number of carbonyl (C=O) groups is 1. The van der Waals surface area contributed by atoms with E-state index in [1.165, 1.54) is 6.07 Å². The molecule has 0 amide bonds. The molecule has 0 fully saturated rings. The van der Waals surface area contributed by atoms with Crippen molar-refractivity contribution >= 4 is 5.97 Å². The van der Waals surface area contributed by atoms with E-state index >= 15 is 0 Å². The monoisotopic (exact) mass is 314 g/mol. The summed E-state index contributed by atoms with van der Waals surface area (Å²) in [6, 6.07) is 14.4. The van der Waals surface area contributed by atoms with Crippen LogP contribution in [0, 0.1) is 0 Å². The number of rotatable bonds is 2. The van der Waals surface area contributed by atoms with Crippen molar-refractivity contribution < 1.29 is 23.1 Å². The van der Waals surface area contributed by atoms with Crippen molar-refractivity contribution in [3.05, 3.63) is 70.1 Å². The maximum Gasteiger partial charge on any atom is 0.490 e. The lowest BCUT2D eigenvalue weighted by Crippen LogP contribution is -2.21. The van der Waals surface area contributed by atoms with Crippen LogP contribution in [0.5, 0.6) is 0 Å². The van der Waals surface area contributed by atoms with Gasteiger partial charge in [0, 0.05) is 11.8 Å². The number of carboxylic acids is 1. The van der Waals surface area contributed by atoms with Gasteiger partial charge in [-0.05, 0) is 11.6 Å². The van der Waals surface area contributed by atoms with Crippen LogP contribution < -0.4 is 11.3 Å². The molecule has 0 saturated heterocycles. The van der Waals surface area contributed by atoms with Gasteiger partial charge in [-0.3, -0.25) is 4.79 Å². The molecule has 0 aliphatic carbocycles. The number of aromatic nitrogens is 1. The van der Waals surface area contributed by atoms with Crippen molar-refractivity contribution in [1.29, 1.82) is 0 Å². The van der Waals surface area contributed by atoms with E-state index in [1.807, 2.05) is 36.4 Å². The number of H-pyrrole nitrogens is 1. The Bertz CT molecular complexity index is 669. The van der Waals surface area contributed by atoms with Crippen molar-refractivity contribution in [2.45, 2.75) is 12.2 Å². The lowest BCUT2D eigenvalue weighted by molar-refractivity contribution is -0.192. The van der Waals surface area contributed by atoms with Crippen LogP contribution >= 0.6 is 0 Å². The van der Waals surface area contributed by atoms with Gasteiger partial charge in [0.15, 0.2) is 0 Å². The van der Waals surface area contributed by atoms with Crippen molar-refractivity contribution in [3.8, 4) is 0 Å². The average molecular weight is 314 g/mol. The van der Waals surface area contributed by atoms with E-state index in [2.05, 4.69) is 4.98 Å². The first-order chi connectivity index (χ1) is 10.2. The van der Waals surface area contributed by atoms with Gasteiger partial charge in [-0.15, -0.1) is 0 Å². The fourth-order valence-electron chi connectivity index (χ4n) is 1.49. The van der Waals surface area contributed by atoms with Crippen LogP contribution in [-0.2, 0) is 4.79 Å². The van der Waals surface area contributed by atoms with Crippen molar-refractivity contribution in [2.24, 2.45) is 5.73 Å². The first-order valence-corrected chi connectivity index (χ1v) is 6.01. The lowest BCUT2D eigenvalue weighted by atomic mass is 10.0. The van der Waals surface area contributed by atoms with Crippen LogP contribution in [0.25, 0.3) is 0 Å². The number of hydrogen-bond donors (Lipinski definition) is 3. The molecule has 5 nitrogen and oxygen atoms in total. The quantitative estimate of drug-likeness (QED) is 0.790. The summed E-state index contributed by atoms with van der Waals surface area (Å²) in [5, 5.41) is 7.12. The molecular weight excluding hydrogens is 301 g/mol. The molecule has 2 aromatic rings. The number of nitrogens with one attached hydrogen (secondary N) is 1. The minimum atomic E-state index is -5.08. The molecule has 1 aromatic carbocycles. The second-order valence-corrected chi connectivity index (χ2v) is 4.16. The van der Waals surface area contributed by atoms with E-state index in [9.17, 15) is 18.0 Å². The van der Waals surface area contributed by atoms with Crippen LogP contribution in [0.3, 0.4) is 0 Å². The van der Waals surface area contributed by atoms with E-state index in [4.69, 9.17) is 15.6 Å². The molecule has 0 bridgehead atoms. The molecular formula is C14H13F3N2O3. The summed E-state index contributed by atoms with van der Waals surface area (Å²) in [6.07, 6.45) is -5.08. The van der Waals surface area contributed by atoms with Gasteiger partial charge in [0.25, 0.3) is 0 Å². The van der Waals surface area contributed by atoms with E-state index in [0.29, 0.717) is 0 Å². The molecule has 0 aliphatic rings. The fourth-order valence-corrected chi connectivity index (χ4v) is 1.49. The van der Waals surface area contributed by atoms with Gasteiger partial charge < -0.3 is 15.8 Å². The summed E-state index contributed by atoms with van der Waals surface area (Å²) in [4.78, 5) is 22.7. The van der Waals surface area contributed by atoms with Gasteiger partial charge >= 0.3 is 12.1 Å². The molecule has 8 heteroatoms. The minimum Gasteiger partial charge on any atom is -0.475 e. The summed E-state index contributed by atoms with van der Waals surface area (Å²) in [6.45, 7) is 0. The first kappa shape index (κ1) is 17.4. The Labute approximate surface area is 123 Å². The van der Waals surface area contributed by atoms with Gasteiger partial charge in [0.2, 0.25) is 5.56 Å². The largest absolute Gasteiger partial charge is 0.490 e. The summed E-state index contributed by atoms with van der Waals surface area (Å²) in [7, 11) is 0. The minimum absolute atomic E-state index is 0.126. The molecule has 2 rings (SSSR count). The number of carboxylic acid groups (broad SMARTS) is 1. The van der Waals surface area contributed by atoms with Crippen LogP contribution in [0.15, 0.2) is 53.3 Å². The Balaban J connectivity index is 0.000000295. The van der Waals surface area contributed by atoms with Crippen molar-refractivity contribution in [2.75, 3.05) is 0 Å². The van der Waals surface area contributed by atoms with E-state index in [-0.39, 0.29) is 11.6 Å². The van der Waals surface area contributed by atoms with Gasteiger partial charge in [-0.1, -0.05) is 36.4 Å². The highest BCUT2D eigenvalue weighted by molar-refractivity contribution is 5.73. The molecule has 0 radical (unpaired) electrons. The zero-order chi connectivity index (χ0) is 16.8. The Morgan fingerprint density at radius 2 is 1.64 bits per heavy atom. The van der Waals surface area contributed by atoms with Crippen LogP contribution in [-0.4, -0.2) is 22.2 Å². The molecule has 0 spiro atoms. The summed E-state index contributed by atoms with van der Waals surface area (Å²) in [5.41, 5.74) is 7.60. The summed E-state index contributed by atoms with van der Waals surface area (Å²) < 4.78 is 31.7. The van der Waals surface area contributed by atoms with Crippen molar-refractivity contribution in [1.82, 2.24) is 4.98 Å². The Hall–Kier alpha value is -2.61. The Kier molecular flexibility index (Phi) is 5.88. The fraction of sp³-hybridized carbons (Fsp3) is 0.143. The molecule has 1 unspecified atom stereocenters. The van der Waals surface area contributed by atoms with Crippen LogP contribution in [0.1, 0.15) is 17.3 Å². The normalized spacial score (nSPS) is 12.0. The third-order valence-electron chi connectivity index (χ3n) is 2.53. The van der Waals surface area contributed by atoms with Gasteiger partial charge in [-0.2, -0.15) is 13.2 Å². The molecule has 4 N–H and O–H groups in total. The van der Waals surface area contributed by atoms with E-state index < -0.39 is 12.1 Å². The van der Waals surface area contributed by atoms with Gasteiger partial charge in [0.1, 0.15) is 0 Å². The smallest absolute Gasteiger partial charge is 0.475 e. The van der Waals surface area contributed by atoms with E-state index in [0.717, 1.165) is 11.3 Å². The average Bonchev–Trinajstić information content (AvgIpc) is 2.47. The maximum atomic E-state index is 11.1. The number of benzene rings is 1. The SMILES string of the molecule is NC(c1ccccc1)c1cccc(=O)[nH]1.O=C(O)C(F)(F)F. The second kappa shape index (κ2) is 7.41. The molecule has 22 heavy (non-hydrogen) atoms. The number of aromatic amines is 1. The van der Waals surface area contributed by atoms with E-state index in [1.54, 1.807) is 6.07 Å². The lowest BCUT2D eigenvalue weighted by Gasteiger charge is -2.11. The predicted molar refractivity (Wildman–Crippen MR) is 73.2 cm³/mol. The standard InChI is InChI=1S/C12H12N2O.C2HF3O2/c13-12(9-5-2-1-3-6-9)10-7-4-8-11(15)14-10;3-2(4,5)1(6)7/h1-8,12H,13H2,(H,14,15);(H,6,7). The number of alkyl halides is 3. The summed E-state index contributed by atoms with van der Waals surface area (Å²) >= 11 is 0. The van der Waals surface area contributed by atoms with Crippen LogP contribution in [0.4, 0.5) is 13.2 Å². The Morgan fingerprint density at radius 1 is 1.09 bits per heavy atom. The summed E-state index contributed by atoms with van der Waals surface area (Å²) in [5.74, 6) is -2.76. The van der Waals surface area contributed by atoms with Gasteiger partial charge in [0.05, 0.1) is 6.04 Å². The predicted octanol–water partition coefficient (Wildman–Crippen LogP) is 2.06. The molecule has 1 atom stereocenters. The number of aliphatic carboxylic acids is 1. The topological polar surface area (TPSA) is 96.2 Å². The zero-order valence-corrected chi connectivity index (χ0v) is 11.2. The zero-order valence-electron chi connectivity index (χ0n) is 11.2. The highest BCUT2D eigenvalue weighted by atomic mass is 19.4. The molecule has 0 saturated carbocycles. The number of nitrogens with two attached hydrogens (primary N) is 1. The molecule has 0 aliphatic heterocycles. The molecule has 118 valence electrons. The Morgan fingerprint density at radius 3 is 2.09 bits per heavy atom. The molecule has 1 aromatic heterocycles. The molecule has 1 heterocycles. The van der Waals surface area contributed by atoms with Crippen molar-refractivity contribution in [3.63, 3.8) is 0 Å². The van der Waals surface area contributed by atoms with Gasteiger partial charge in [-0.25, -0.2) is 4.79 Å². The third-order valence-corrected chi connectivity index (χ3v) is 2.53. The number of halogens is 3. The highest BCUT2D eigenvalue weighted by Crippen LogP contribution is 2.15. The number of hydrogen-bond acceptors (Lipinski definition) is 3. The first-order valence-electron chi connectivity index (χ1n) is 6.01. The highest BCUT2D eigenvalue weighted by Gasteiger charge is 2.38.